The maximum absolute atomic E-state index is 13.7. The third-order valence-electron chi connectivity index (χ3n) is 5.38. The number of ether oxygens (including phenoxy) is 2. The van der Waals surface area contributed by atoms with Crippen LogP contribution in [0.25, 0.3) is 0 Å². The van der Waals surface area contributed by atoms with Crippen LogP contribution < -0.4 is 14.8 Å². The number of amides is 1. The van der Waals surface area contributed by atoms with E-state index in [-0.39, 0.29) is 23.7 Å². The Bertz CT molecular complexity index is 869. The van der Waals surface area contributed by atoms with Gasteiger partial charge in [0.1, 0.15) is 5.82 Å². The van der Waals surface area contributed by atoms with Crippen LogP contribution in [0, 0.1) is 11.7 Å². The molecule has 5 nitrogen and oxygen atoms in total. The van der Waals surface area contributed by atoms with Crippen LogP contribution in [0.5, 0.6) is 11.5 Å². The van der Waals surface area contributed by atoms with Crippen molar-refractivity contribution in [3.63, 3.8) is 0 Å². The first kappa shape index (κ1) is 21.1. The van der Waals surface area contributed by atoms with Crippen molar-refractivity contribution in [2.24, 2.45) is 5.92 Å². The lowest BCUT2D eigenvalue weighted by atomic mass is 9.91. The van der Waals surface area contributed by atoms with Gasteiger partial charge in [0.05, 0.1) is 20.3 Å². The van der Waals surface area contributed by atoms with Crippen LogP contribution in [-0.2, 0) is 17.8 Å². The molecule has 1 N–H and O–H groups in total. The number of methoxy groups -OCH3 is 2. The van der Waals surface area contributed by atoms with Crippen LogP contribution in [-0.4, -0.2) is 38.1 Å². The maximum Gasteiger partial charge on any atom is 0.222 e. The third kappa shape index (κ3) is 4.88. The monoisotopic (exact) mass is 400 g/mol. The summed E-state index contributed by atoms with van der Waals surface area (Å²) in [6, 6.07) is 10.6. The topological polar surface area (TPSA) is 50.8 Å². The molecule has 0 saturated carbocycles. The number of hydrogen-bond acceptors (Lipinski definition) is 4. The van der Waals surface area contributed by atoms with Crippen LogP contribution in [0.2, 0.25) is 0 Å². The highest BCUT2D eigenvalue weighted by molar-refractivity contribution is 5.77. The van der Waals surface area contributed by atoms with E-state index in [2.05, 4.69) is 10.2 Å². The maximum atomic E-state index is 13.7. The Morgan fingerprint density at radius 2 is 1.93 bits per heavy atom. The highest BCUT2D eigenvalue weighted by Gasteiger charge is 2.29. The van der Waals surface area contributed by atoms with E-state index >= 15 is 0 Å². The van der Waals surface area contributed by atoms with Gasteiger partial charge in [-0.1, -0.05) is 26.0 Å². The van der Waals surface area contributed by atoms with E-state index in [1.54, 1.807) is 26.4 Å². The molecule has 6 heteroatoms. The van der Waals surface area contributed by atoms with Gasteiger partial charge >= 0.3 is 0 Å². The van der Waals surface area contributed by atoms with E-state index in [0.29, 0.717) is 24.6 Å². The molecule has 1 amide bonds. The Labute approximate surface area is 171 Å². The van der Waals surface area contributed by atoms with E-state index in [9.17, 15) is 9.18 Å². The average molecular weight is 400 g/mol. The van der Waals surface area contributed by atoms with Crippen molar-refractivity contribution in [3.05, 3.63) is 58.9 Å². The standard InChI is InChI=1S/C23H29FN2O3/c1-15(2)23(27)25-13-20-19-12-22(29-4)21(28-3)11-17(19)8-9-26(20)14-16-6-5-7-18(24)10-16/h5-7,10-12,15,20H,8-9,13-14H2,1-4H3,(H,25,27). The summed E-state index contributed by atoms with van der Waals surface area (Å²) in [6.45, 7) is 5.65. The molecule has 0 fully saturated rings. The fourth-order valence-electron chi connectivity index (χ4n) is 3.78. The normalized spacial score (nSPS) is 16.4. The van der Waals surface area contributed by atoms with Gasteiger partial charge in [-0.3, -0.25) is 9.69 Å². The minimum atomic E-state index is -0.240. The second-order valence-electron chi connectivity index (χ2n) is 7.67. The van der Waals surface area contributed by atoms with Crippen LogP contribution in [0.1, 0.15) is 36.6 Å². The van der Waals surface area contributed by atoms with E-state index < -0.39 is 0 Å². The summed E-state index contributed by atoms with van der Waals surface area (Å²) in [4.78, 5) is 14.5. The molecule has 156 valence electrons. The molecular formula is C23H29FN2O3. The SMILES string of the molecule is COc1cc2c(cc1OC)C(CNC(=O)C(C)C)N(Cc1cccc(F)c1)CC2. The second-order valence-corrected chi connectivity index (χ2v) is 7.67. The van der Waals surface area contributed by atoms with Crippen molar-refractivity contribution >= 4 is 5.91 Å². The van der Waals surface area contributed by atoms with Crippen LogP contribution in [0.3, 0.4) is 0 Å². The van der Waals surface area contributed by atoms with Gasteiger partial charge in [0, 0.05) is 25.6 Å². The van der Waals surface area contributed by atoms with Crippen LogP contribution in [0.15, 0.2) is 36.4 Å². The zero-order valence-corrected chi connectivity index (χ0v) is 17.5. The molecule has 0 aliphatic carbocycles. The van der Waals surface area contributed by atoms with E-state index in [4.69, 9.17) is 9.47 Å². The zero-order valence-electron chi connectivity index (χ0n) is 17.5. The largest absolute Gasteiger partial charge is 0.493 e. The molecular weight excluding hydrogens is 371 g/mol. The number of halogens is 1. The smallest absolute Gasteiger partial charge is 0.222 e. The summed E-state index contributed by atoms with van der Waals surface area (Å²) in [6.07, 6.45) is 0.847. The van der Waals surface area contributed by atoms with E-state index in [1.807, 2.05) is 32.0 Å². The van der Waals surface area contributed by atoms with Gasteiger partial charge in [-0.15, -0.1) is 0 Å². The van der Waals surface area contributed by atoms with Crippen molar-refractivity contribution in [1.29, 1.82) is 0 Å². The predicted molar refractivity (Wildman–Crippen MR) is 111 cm³/mol. The molecule has 0 aromatic heterocycles. The van der Waals surface area contributed by atoms with E-state index in [1.165, 1.54) is 11.6 Å². The minimum absolute atomic E-state index is 0.0169. The first-order valence-electron chi connectivity index (χ1n) is 9.94. The minimum Gasteiger partial charge on any atom is -0.493 e. The van der Waals surface area contributed by atoms with Gasteiger partial charge in [0.25, 0.3) is 0 Å². The third-order valence-corrected chi connectivity index (χ3v) is 5.38. The molecule has 3 rings (SSSR count). The summed E-state index contributed by atoms with van der Waals surface area (Å²) < 4.78 is 24.6. The first-order valence-corrected chi connectivity index (χ1v) is 9.94. The predicted octanol–water partition coefficient (Wildman–Crippen LogP) is 3.71. The summed E-state index contributed by atoms with van der Waals surface area (Å²) in [7, 11) is 3.25. The van der Waals surface area contributed by atoms with Crippen molar-refractivity contribution in [1.82, 2.24) is 10.2 Å². The molecule has 1 heterocycles. The number of nitrogens with zero attached hydrogens (tertiary/aromatic N) is 1. The fourth-order valence-corrected chi connectivity index (χ4v) is 3.78. The highest BCUT2D eigenvalue weighted by Crippen LogP contribution is 2.38. The molecule has 2 aromatic carbocycles. The number of carbonyl (C=O) groups excluding carboxylic acids is 1. The number of nitrogens with one attached hydrogen (secondary N) is 1. The van der Waals surface area contributed by atoms with Crippen molar-refractivity contribution in [3.8, 4) is 11.5 Å². The van der Waals surface area contributed by atoms with E-state index in [0.717, 1.165) is 24.1 Å². The quantitative estimate of drug-likeness (QED) is 0.770. The Morgan fingerprint density at radius 3 is 2.59 bits per heavy atom. The molecule has 29 heavy (non-hydrogen) atoms. The van der Waals surface area contributed by atoms with Crippen LogP contribution in [0.4, 0.5) is 4.39 Å². The summed E-state index contributed by atoms with van der Waals surface area (Å²) in [5, 5.41) is 3.06. The van der Waals surface area contributed by atoms with Gasteiger partial charge in [0.2, 0.25) is 5.91 Å². The van der Waals surface area contributed by atoms with Crippen molar-refractivity contribution < 1.29 is 18.7 Å². The second kappa shape index (κ2) is 9.27. The lowest BCUT2D eigenvalue weighted by molar-refractivity contribution is -0.124. The molecule has 0 bridgehead atoms. The van der Waals surface area contributed by atoms with Crippen LogP contribution >= 0.6 is 0 Å². The summed E-state index contributed by atoms with van der Waals surface area (Å²) >= 11 is 0. The zero-order chi connectivity index (χ0) is 21.0. The van der Waals surface area contributed by atoms with Crippen molar-refractivity contribution in [2.75, 3.05) is 27.3 Å². The van der Waals surface area contributed by atoms with Gasteiger partial charge in [0.15, 0.2) is 11.5 Å². The fraction of sp³-hybridized carbons (Fsp3) is 0.435. The number of fused-ring (bicyclic) bond motifs is 1. The molecule has 1 aliphatic heterocycles. The lowest BCUT2D eigenvalue weighted by Crippen LogP contribution is -2.42. The Balaban J connectivity index is 1.93. The Hall–Kier alpha value is -2.60. The number of rotatable bonds is 7. The first-order chi connectivity index (χ1) is 13.9. The van der Waals surface area contributed by atoms with Crippen molar-refractivity contribution in [2.45, 2.75) is 32.9 Å². The number of hydrogen-bond donors (Lipinski definition) is 1. The number of carbonyl (C=O) groups is 1. The Kier molecular flexibility index (Phi) is 6.75. The van der Waals surface area contributed by atoms with Gasteiger partial charge in [-0.25, -0.2) is 4.39 Å². The molecule has 2 aromatic rings. The molecule has 1 atom stereocenters. The van der Waals surface area contributed by atoms with Gasteiger partial charge < -0.3 is 14.8 Å². The summed E-state index contributed by atoms with van der Waals surface area (Å²) in [5.74, 6) is 1.06. The molecule has 0 radical (unpaired) electrons. The molecule has 1 aliphatic rings. The summed E-state index contributed by atoms with van der Waals surface area (Å²) in [5.41, 5.74) is 3.20. The number of benzene rings is 2. The van der Waals surface area contributed by atoms with Gasteiger partial charge in [-0.2, -0.15) is 0 Å². The molecule has 0 saturated heterocycles. The highest BCUT2D eigenvalue weighted by atomic mass is 19.1. The molecule has 1 unspecified atom stereocenters. The average Bonchev–Trinajstić information content (AvgIpc) is 2.71. The molecule has 0 spiro atoms. The Morgan fingerprint density at radius 1 is 1.21 bits per heavy atom. The van der Waals surface area contributed by atoms with Gasteiger partial charge in [-0.05, 0) is 47.4 Å². The lowest BCUT2D eigenvalue weighted by Gasteiger charge is -2.38.